The summed E-state index contributed by atoms with van der Waals surface area (Å²) in [5.74, 6) is 0.832. The van der Waals surface area contributed by atoms with Gasteiger partial charge in [0.2, 0.25) is 0 Å². The van der Waals surface area contributed by atoms with Crippen LogP contribution in [0, 0.1) is 0 Å². The van der Waals surface area contributed by atoms with Gasteiger partial charge in [-0.25, -0.2) is 15.0 Å². The number of imidazole rings is 1. The minimum Gasteiger partial charge on any atom is -0.393 e. The number of rotatable bonds is 3. The number of carbonyl (C=O) groups is 1. The number of anilines is 1. The number of H-pyrrole nitrogens is 1. The van der Waals surface area contributed by atoms with Crippen LogP contribution in [0.4, 0.5) is 5.82 Å². The average Bonchev–Trinajstić information content (AvgIpc) is 3.24. The SMILES string of the molecule is Nc1ncc(-c2ccc(C(=O)N3CCC(O)CC3)cc2)nc1-c1nc2ccccc2[nH]1. The van der Waals surface area contributed by atoms with Crippen molar-refractivity contribution in [1.29, 1.82) is 0 Å². The van der Waals surface area contributed by atoms with E-state index in [1.54, 1.807) is 23.2 Å². The molecule has 1 saturated heterocycles. The van der Waals surface area contributed by atoms with Crippen molar-refractivity contribution in [2.24, 2.45) is 0 Å². The molecule has 0 atom stereocenters. The number of piperidine rings is 1. The van der Waals surface area contributed by atoms with Crippen LogP contribution < -0.4 is 5.73 Å². The first-order valence-corrected chi connectivity index (χ1v) is 10.2. The maximum Gasteiger partial charge on any atom is 0.253 e. The van der Waals surface area contributed by atoms with Crippen molar-refractivity contribution >= 4 is 22.8 Å². The Hall–Kier alpha value is -3.78. The number of aromatic amines is 1. The maximum absolute atomic E-state index is 12.7. The number of likely N-dealkylation sites (tertiary alicyclic amines) is 1. The van der Waals surface area contributed by atoms with Crippen molar-refractivity contribution in [3.8, 4) is 22.8 Å². The van der Waals surface area contributed by atoms with Gasteiger partial charge in [0.15, 0.2) is 11.6 Å². The third-order valence-electron chi connectivity index (χ3n) is 5.59. The molecule has 2 aromatic heterocycles. The molecule has 0 unspecified atom stereocenters. The van der Waals surface area contributed by atoms with Gasteiger partial charge in [-0.2, -0.15) is 0 Å². The fourth-order valence-corrected chi connectivity index (χ4v) is 3.81. The van der Waals surface area contributed by atoms with Crippen molar-refractivity contribution in [3.63, 3.8) is 0 Å². The summed E-state index contributed by atoms with van der Waals surface area (Å²) >= 11 is 0. The standard InChI is InChI=1S/C23H22N6O2/c24-21-20(22-27-17-3-1-2-4-18(17)28-22)26-19(13-25-21)14-5-7-15(8-6-14)23(31)29-11-9-16(30)10-12-29/h1-8,13,16,30H,9-12H2,(H2,24,25)(H,27,28). The molecule has 8 nitrogen and oxygen atoms in total. The van der Waals surface area contributed by atoms with Crippen molar-refractivity contribution in [1.82, 2.24) is 24.8 Å². The Balaban J connectivity index is 1.41. The van der Waals surface area contributed by atoms with E-state index in [-0.39, 0.29) is 12.0 Å². The largest absolute Gasteiger partial charge is 0.393 e. The van der Waals surface area contributed by atoms with Gasteiger partial charge < -0.3 is 20.7 Å². The van der Waals surface area contributed by atoms with Gasteiger partial charge in [-0.1, -0.05) is 24.3 Å². The van der Waals surface area contributed by atoms with Gasteiger partial charge in [0.1, 0.15) is 5.69 Å². The molecule has 1 aliphatic heterocycles. The zero-order valence-corrected chi connectivity index (χ0v) is 16.8. The highest BCUT2D eigenvalue weighted by molar-refractivity contribution is 5.94. The number of hydrogen-bond donors (Lipinski definition) is 3. The Kier molecular flexibility index (Phi) is 4.83. The highest BCUT2D eigenvalue weighted by Gasteiger charge is 2.22. The first-order chi connectivity index (χ1) is 15.1. The predicted molar refractivity (Wildman–Crippen MR) is 118 cm³/mol. The molecule has 0 radical (unpaired) electrons. The number of hydrogen-bond acceptors (Lipinski definition) is 6. The van der Waals surface area contributed by atoms with E-state index in [2.05, 4.69) is 19.9 Å². The highest BCUT2D eigenvalue weighted by Crippen LogP contribution is 2.26. The van der Waals surface area contributed by atoms with Crippen LogP contribution in [0.3, 0.4) is 0 Å². The number of fused-ring (bicyclic) bond motifs is 1. The van der Waals surface area contributed by atoms with Gasteiger partial charge in [-0.15, -0.1) is 0 Å². The van der Waals surface area contributed by atoms with Crippen LogP contribution in [-0.2, 0) is 0 Å². The molecule has 8 heteroatoms. The van der Waals surface area contributed by atoms with E-state index < -0.39 is 0 Å². The lowest BCUT2D eigenvalue weighted by atomic mass is 10.0. The van der Waals surface area contributed by atoms with Crippen LogP contribution in [0.5, 0.6) is 0 Å². The lowest BCUT2D eigenvalue weighted by Gasteiger charge is -2.29. The predicted octanol–water partition coefficient (Wildman–Crippen LogP) is 2.87. The second kappa shape index (κ2) is 7.81. The average molecular weight is 414 g/mol. The molecule has 1 fully saturated rings. The van der Waals surface area contributed by atoms with Crippen LogP contribution >= 0.6 is 0 Å². The zero-order chi connectivity index (χ0) is 21.4. The monoisotopic (exact) mass is 414 g/mol. The summed E-state index contributed by atoms with van der Waals surface area (Å²) in [6, 6.07) is 15.0. The van der Waals surface area contributed by atoms with E-state index >= 15 is 0 Å². The fraction of sp³-hybridized carbons (Fsp3) is 0.217. The summed E-state index contributed by atoms with van der Waals surface area (Å²) in [5, 5.41) is 9.64. The Labute approximate surface area is 178 Å². The van der Waals surface area contributed by atoms with Crippen LogP contribution in [0.2, 0.25) is 0 Å². The normalized spacial score (nSPS) is 14.8. The second-order valence-electron chi connectivity index (χ2n) is 7.69. The molecular weight excluding hydrogens is 392 g/mol. The topological polar surface area (TPSA) is 121 Å². The number of aromatic nitrogens is 4. The van der Waals surface area contributed by atoms with Crippen molar-refractivity contribution in [3.05, 3.63) is 60.3 Å². The number of amides is 1. The molecule has 4 N–H and O–H groups in total. The third-order valence-corrected chi connectivity index (χ3v) is 5.59. The summed E-state index contributed by atoms with van der Waals surface area (Å²) < 4.78 is 0. The molecule has 2 aromatic carbocycles. The molecule has 0 aliphatic carbocycles. The molecule has 1 amide bonds. The third kappa shape index (κ3) is 3.73. The molecule has 5 rings (SSSR count). The maximum atomic E-state index is 12.7. The Bertz CT molecular complexity index is 1210. The van der Waals surface area contributed by atoms with E-state index in [1.807, 2.05) is 36.4 Å². The summed E-state index contributed by atoms with van der Waals surface area (Å²) in [6.45, 7) is 1.15. The van der Waals surface area contributed by atoms with Gasteiger partial charge in [-0.3, -0.25) is 4.79 Å². The molecular formula is C23H22N6O2. The van der Waals surface area contributed by atoms with E-state index in [0.717, 1.165) is 16.6 Å². The van der Waals surface area contributed by atoms with Crippen LogP contribution in [0.25, 0.3) is 33.8 Å². The van der Waals surface area contributed by atoms with Crippen LogP contribution in [0.15, 0.2) is 54.7 Å². The molecule has 0 saturated carbocycles. The lowest BCUT2D eigenvalue weighted by Crippen LogP contribution is -2.40. The molecule has 0 spiro atoms. The molecule has 1 aliphatic rings. The molecule has 31 heavy (non-hydrogen) atoms. The molecule has 4 aromatic rings. The van der Waals surface area contributed by atoms with Crippen molar-refractivity contribution in [2.75, 3.05) is 18.8 Å². The lowest BCUT2D eigenvalue weighted by molar-refractivity contribution is 0.0546. The van der Waals surface area contributed by atoms with Gasteiger partial charge >= 0.3 is 0 Å². The number of nitrogens with one attached hydrogen (secondary N) is 1. The number of nitrogen functional groups attached to an aromatic ring is 1. The smallest absolute Gasteiger partial charge is 0.253 e. The summed E-state index contributed by atoms with van der Waals surface area (Å²) in [4.78, 5) is 31.3. The quantitative estimate of drug-likeness (QED) is 0.474. The number of nitrogens with zero attached hydrogens (tertiary/aromatic N) is 4. The van der Waals surface area contributed by atoms with E-state index in [9.17, 15) is 9.90 Å². The Morgan fingerprint density at radius 2 is 1.81 bits per heavy atom. The number of carbonyl (C=O) groups excluding carboxylic acids is 1. The van der Waals surface area contributed by atoms with Gasteiger partial charge in [-0.05, 0) is 37.1 Å². The summed E-state index contributed by atoms with van der Waals surface area (Å²) in [6.07, 6.45) is 2.55. The van der Waals surface area contributed by atoms with Crippen molar-refractivity contribution < 1.29 is 9.90 Å². The van der Waals surface area contributed by atoms with Crippen LogP contribution in [-0.4, -0.2) is 55.0 Å². The highest BCUT2D eigenvalue weighted by atomic mass is 16.3. The van der Waals surface area contributed by atoms with Crippen LogP contribution in [0.1, 0.15) is 23.2 Å². The zero-order valence-electron chi connectivity index (χ0n) is 16.8. The summed E-state index contributed by atoms with van der Waals surface area (Å²) in [7, 11) is 0. The minimum absolute atomic E-state index is 0.0233. The van der Waals surface area contributed by atoms with Crippen molar-refractivity contribution in [2.45, 2.75) is 18.9 Å². The first-order valence-electron chi connectivity index (χ1n) is 10.2. The molecule has 156 valence electrons. The number of para-hydroxylation sites is 2. The summed E-state index contributed by atoms with van der Waals surface area (Å²) in [5.41, 5.74) is 10.4. The Morgan fingerprint density at radius 1 is 1.06 bits per heavy atom. The van der Waals surface area contributed by atoms with Gasteiger partial charge in [0.25, 0.3) is 5.91 Å². The van der Waals surface area contributed by atoms with Gasteiger partial charge in [0.05, 0.1) is 29.0 Å². The first kappa shape index (κ1) is 19.2. The van der Waals surface area contributed by atoms with E-state index in [1.165, 1.54) is 0 Å². The minimum atomic E-state index is -0.309. The van der Waals surface area contributed by atoms with E-state index in [4.69, 9.17) is 5.73 Å². The van der Waals surface area contributed by atoms with Gasteiger partial charge in [0, 0.05) is 24.2 Å². The molecule has 3 heterocycles. The number of aliphatic hydroxyl groups excluding tert-OH is 1. The molecule has 0 bridgehead atoms. The number of aliphatic hydroxyl groups is 1. The second-order valence-corrected chi connectivity index (χ2v) is 7.69. The Morgan fingerprint density at radius 3 is 2.55 bits per heavy atom. The van der Waals surface area contributed by atoms with E-state index in [0.29, 0.717) is 54.5 Å². The number of benzene rings is 2. The fourth-order valence-electron chi connectivity index (χ4n) is 3.81. The number of nitrogens with two attached hydrogens (primary N) is 1.